The third-order valence-electron chi connectivity index (χ3n) is 2.46. The fourth-order valence-electron chi connectivity index (χ4n) is 1.47. The number of benzene rings is 1. The monoisotopic (exact) mass is 265 g/mol. The summed E-state index contributed by atoms with van der Waals surface area (Å²) in [6.45, 7) is 4.25. The highest BCUT2D eigenvalue weighted by molar-refractivity contribution is 6.05. The molecule has 6 nitrogen and oxygen atoms in total. The van der Waals surface area contributed by atoms with Crippen molar-refractivity contribution in [3.05, 3.63) is 29.8 Å². The molecule has 0 aromatic heterocycles. The summed E-state index contributed by atoms with van der Waals surface area (Å²) in [5.74, 6) is 0.204. The summed E-state index contributed by atoms with van der Waals surface area (Å²) < 4.78 is 5.13. The number of para-hydroxylation sites is 1. The van der Waals surface area contributed by atoms with Crippen LogP contribution in [0.2, 0.25) is 0 Å². The SMILES string of the molecule is CC(C)COC(=O)N(C)c1ccccc1C(N)=NO. The predicted octanol–water partition coefficient (Wildman–Crippen LogP) is 2.01. The molecular weight excluding hydrogens is 246 g/mol. The van der Waals surface area contributed by atoms with E-state index < -0.39 is 6.09 Å². The number of amidine groups is 1. The average molecular weight is 265 g/mol. The second-order valence-electron chi connectivity index (χ2n) is 4.53. The van der Waals surface area contributed by atoms with Crippen LogP contribution in [0.5, 0.6) is 0 Å². The van der Waals surface area contributed by atoms with Gasteiger partial charge >= 0.3 is 6.09 Å². The summed E-state index contributed by atoms with van der Waals surface area (Å²) in [5.41, 5.74) is 6.56. The Bertz CT molecular complexity index is 472. The zero-order valence-corrected chi connectivity index (χ0v) is 11.3. The summed E-state index contributed by atoms with van der Waals surface area (Å²) >= 11 is 0. The third kappa shape index (κ3) is 3.87. The number of anilines is 1. The molecule has 0 heterocycles. The van der Waals surface area contributed by atoms with E-state index in [-0.39, 0.29) is 11.8 Å². The number of nitrogens with zero attached hydrogens (tertiary/aromatic N) is 2. The second-order valence-corrected chi connectivity index (χ2v) is 4.53. The van der Waals surface area contributed by atoms with Crippen molar-refractivity contribution in [3.63, 3.8) is 0 Å². The molecule has 1 aromatic rings. The van der Waals surface area contributed by atoms with Crippen molar-refractivity contribution in [2.24, 2.45) is 16.8 Å². The van der Waals surface area contributed by atoms with Gasteiger partial charge in [0, 0.05) is 12.6 Å². The molecular formula is C13H19N3O3. The van der Waals surface area contributed by atoms with E-state index in [9.17, 15) is 4.79 Å². The summed E-state index contributed by atoms with van der Waals surface area (Å²) in [6, 6.07) is 6.86. The Morgan fingerprint density at radius 3 is 2.68 bits per heavy atom. The number of hydrogen-bond donors (Lipinski definition) is 2. The molecule has 1 rings (SSSR count). The van der Waals surface area contributed by atoms with E-state index >= 15 is 0 Å². The molecule has 0 atom stereocenters. The van der Waals surface area contributed by atoms with Crippen molar-refractivity contribution in [1.82, 2.24) is 0 Å². The van der Waals surface area contributed by atoms with Crippen molar-refractivity contribution in [1.29, 1.82) is 0 Å². The quantitative estimate of drug-likeness (QED) is 0.377. The topological polar surface area (TPSA) is 88.2 Å². The van der Waals surface area contributed by atoms with E-state index in [0.29, 0.717) is 17.9 Å². The molecule has 1 aromatic carbocycles. The number of carbonyl (C=O) groups is 1. The van der Waals surface area contributed by atoms with Crippen LogP contribution >= 0.6 is 0 Å². The van der Waals surface area contributed by atoms with Gasteiger partial charge in [0.15, 0.2) is 5.84 Å². The van der Waals surface area contributed by atoms with Gasteiger partial charge in [-0.1, -0.05) is 31.1 Å². The van der Waals surface area contributed by atoms with Gasteiger partial charge in [-0.25, -0.2) is 4.79 Å². The zero-order chi connectivity index (χ0) is 14.4. The van der Waals surface area contributed by atoms with Crippen molar-refractivity contribution >= 4 is 17.6 Å². The lowest BCUT2D eigenvalue weighted by Gasteiger charge is -2.20. The Labute approximate surface area is 112 Å². The van der Waals surface area contributed by atoms with Gasteiger partial charge in [-0.15, -0.1) is 0 Å². The van der Waals surface area contributed by atoms with Crippen LogP contribution in [0.3, 0.4) is 0 Å². The first kappa shape index (κ1) is 14.8. The highest BCUT2D eigenvalue weighted by Gasteiger charge is 2.17. The molecule has 104 valence electrons. The third-order valence-corrected chi connectivity index (χ3v) is 2.46. The van der Waals surface area contributed by atoms with Gasteiger partial charge in [-0.3, -0.25) is 4.90 Å². The number of amides is 1. The lowest BCUT2D eigenvalue weighted by Crippen LogP contribution is -2.30. The van der Waals surface area contributed by atoms with E-state index in [1.807, 2.05) is 13.8 Å². The molecule has 0 radical (unpaired) electrons. The van der Waals surface area contributed by atoms with Gasteiger partial charge in [0.05, 0.1) is 12.3 Å². The number of oxime groups is 1. The summed E-state index contributed by atoms with van der Waals surface area (Å²) in [4.78, 5) is 13.2. The molecule has 0 saturated heterocycles. The van der Waals surface area contributed by atoms with Crippen molar-refractivity contribution in [2.45, 2.75) is 13.8 Å². The first-order valence-electron chi connectivity index (χ1n) is 5.94. The van der Waals surface area contributed by atoms with E-state index in [1.165, 1.54) is 4.90 Å². The summed E-state index contributed by atoms with van der Waals surface area (Å²) in [5, 5.41) is 11.7. The zero-order valence-electron chi connectivity index (χ0n) is 11.3. The molecule has 6 heteroatoms. The lowest BCUT2D eigenvalue weighted by atomic mass is 10.1. The number of rotatable bonds is 4. The van der Waals surface area contributed by atoms with Crippen LogP contribution in [0.1, 0.15) is 19.4 Å². The highest BCUT2D eigenvalue weighted by atomic mass is 16.6. The van der Waals surface area contributed by atoms with Crippen LogP contribution in [0.15, 0.2) is 29.4 Å². The molecule has 0 saturated carbocycles. The van der Waals surface area contributed by atoms with E-state index in [4.69, 9.17) is 15.7 Å². The first-order chi connectivity index (χ1) is 8.97. The molecule has 3 N–H and O–H groups in total. The number of carbonyl (C=O) groups excluding carboxylic acids is 1. The number of ether oxygens (including phenoxy) is 1. The molecule has 0 fully saturated rings. The highest BCUT2D eigenvalue weighted by Crippen LogP contribution is 2.19. The van der Waals surface area contributed by atoms with Crippen LogP contribution in [0.4, 0.5) is 10.5 Å². The fraction of sp³-hybridized carbons (Fsp3) is 0.385. The van der Waals surface area contributed by atoms with Crippen LogP contribution < -0.4 is 10.6 Å². The maximum Gasteiger partial charge on any atom is 0.414 e. The van der Waals surface area contributed by atoms with Gasteiger partial charge in [0.2, 0.25) is 0 Å². The molecule has 1 amide bonds. The maximum atomic E-state index is 11.9. The molecule has 0 aliphatic rings. The van der Waals surface area contributed by atoms with Crippen LogP contribution in [0.25, 0.3) is 0 Å². The van der Waals surface area contributed by atoms with Crippen LogP contribution in [0, 0.1) is 5.92 Å². The Hall–Kier alpha value is -2.24. The average Bonchev–Trinajstić information content (AvgIpc) is 2.42. The summed E-state index contributed by atoms with van der Waals surface area (Å²) in [6.07, 6.45) is -0.480. The van der Waals surface area contributed by atoms with Crippen molar-refractivity contribution < 1.29 is 14.7 Å². The van der Waals surface area contributed by atoms with E-state index in [0.717, 1.165) is 0 Å². The number of hydrogen-bond acceptors (Lipinski definition) is 4. The summed E-state index contributed by atoms with van der Waals surface area (Å²) in [7, 11) is 1.58. The fourth-order valence-corrected chi connectivity index (χ4v) is 1.47. The normalized spacial score (nSPS) is 11.5. The second kappa shape index (κ2) is 6.63. The predicted molar refractivity (Wildman–Crippen MR) is 73.5 cm³/mol. The Balaban J connectivity index is 2.93. The molecule has 19 heavy (non-hydrogen) atoms. The maximum absolute atomic E-state index is 11.9. The van der Waals surface area contributed by atoms with Gasteiger partial charge in [0.1, 0.15) is 0 Å². The Kier molecular flexibility index (Phi) is 5.17. The van der Waals surface area contributed by atoms with Crippen molar-refractivity contribution in [2.75, 3.05) is 18.6 Å². The minimum absolute atomic E-state index is 0.0564. The Morgan fingerprint density at radius 2 is 2.11 bits per heavy atom. The van der Waals surface area contributed by atoms with Crippen LogP contribution in [-0.4, -0.2) is 30.8 Å². The van der Waals surface area contributed by atoms with Crippen molar-refractivity contribution in [3.8, 4) is 0 Å². The number of nitrogens with two attached hydrogens (primary N) is 1. The van der Waals surface area contributed by atoms with E-state index in [2.05, 4.69) is 5.16 Å². The minimum atomic E-state index is -0.480. The van der Waals surface area contributed by atoms with Crippen LogP contribution in [-0.2, 0) is 4.74 Å². The smallest absolute Gasteiger partial charge is 0.414 e. The molecule has 0 spiro atoms. The molecule has 0 aliphatic heterocycles. The first-order valence-corrected chi connectivity index (χ1v) is 5.94. The minimum Gasteiger partial charge on any atom is -0.449 e. The van der Waals surface area contributed by atoms with Gasteiger partial charge in [-0.05, 0) is 18.1 Å². The lowest BCUT2D eigenvalue weighted by molar-refractivity contribution is 0.141. The molecule has 0 bridgehead atoms. The Morgan fingerprint density at radius 1 is 1.47 bits per heavy atom. The molecule has 0 unspecified atom stereocenters. The van der Waals surface area contributed by atoms with Gasteiger partial charge < -0.3 is 15.7 Å². The van der Waals surface area contributed by atoms with Gasteiger partial charge in [-0.2, -0.15) is 0 Å². The largest absolute Gasteiger partial charge is 0.449 e. The van der Waals surface area contributed by atoms with E-state index in [1.54, 1.807) is 31.3 Å². The van der Waals surface area contributed by atoms with Gasteiger partial charge in [0.25, 0.3) is 0 Å². The standard InChI is InChI=1S/C13H19N3O3/c1-9(2)8-19-13(17)16(3)11-7-5-4-6-10(11)12(14)15-18/h4-7,9,18H,8H2,1-3H3,(H2,14,15). The molecule has 0 aliphatic carbocycles.